The fourth-order valence-electron chi connectivity index (χ4n) is 7.15. The summed E-state index contributed by atoms with van der Waals surface area (Å²) >= 11 is 0. The Bertz CT molecular complexity index is 601. The normalized spacial score (nSPS) is 56.3. The minimum atomic E-state index is -0.0412. The quantitative estimate of drug-likeness (QED) is 0.558. The van der Waals surface area contributed by atoms with Crippen LogP contribution in [0.4, 0.5) is 0 Å². The minimum absolute atomic E-state index is 0.00421. The molecule has 9 atom stereocenters. The number of epoxide rings is 1. The smallest absolute Gasteiger partial charge is 0.311 e. The molecule has 0 aromatic carbocycles. The van der Waals surface area contributed by atoms with Crippen molar-refractivity contribution in [3.63, 3.8) is 0 Å². The van der Waals surface area contributed by atoms with E-state index < -0.39 is 0 Å². The average Bonchev–Trinajstić information content (AvgIpc) is 3.22. The highest BCUT2D eigenvalue weighted by Gasteiger charge is 2.78. The third-order valence-electron chi connectivity index (χ3n) is 8.14. The fraction of sp³-hybridized carbons (Fsp3) is 0.952. The predicted octanol–water partition coefficient (Wildman–Crippen LogP) is 2.62. The van der Waals surface area contributed by atoms with Crippen molar-refractivity contribution in [3.8, 4) is 0 Å². The second-order valence-corrected chi connectivity index (χ2v) is 10.0. The molecule has 5 heteroatoms. The zero-order chi connectivity index (χ0) is 18.3. The van der Waals surface area contributed by atoms with Crippen molar-refractivity contribution in [1.82, 2.24) is 4.90 Å². The van der Waals surface area contributed by atoms with Crippen LogP contribution in [0.1, 0.15) is 53.4 Å². The molecule has 0 amide bonds. The molecule has 3 aliphatic heterocycles. The van der Waals surface area contributed by atoms with E-state index in [0.29, 0.717) is 5.92 Å². The van der Waals surface area contributed by atoms with Gasteiger partial charge in [-0.2, -0.15) is 0 Å². The maximum atomic E-state index is 12.8. The van der Waals surface area contributed by atoms with Gasteiger partial charge in [0.05, 0.1) is 24.2 Å². The summed E-state index contributed by atoms with van der Waals surface area (Å²) in [6, 6.07) is 0. The largest absolute Gasteiger partial charge is 0.462 e. The van der Waals surface area contributed by atoms with Gasteiger partial charge in [0.2, 0.25) is 0 Å². The molecule has 0 radical (unpaired) electrons. The van der Waals surface area contributed by atoms with Crippen LogP contribution in [-0.4, -0.2) is 60.5 Å². The molecule has 5 rings (SSSR count). The van der Waals surface area contributed by atoms with Crippen molar-refractivity contribution < 1.29 is 19.0 Å². The second kappa shape index (κ2) is 5.68. The molecular formula is C21H33NO4. The van der Waals surface area contributed by atoms with E-state index in [1.54, 1.807) is 0 Å². The molecule has 0 aromatic rings. The van der Waals surface area contributed by atoms with Crippen molar-refractivity contribution in [1.29, 1.82) is 0 Å². The van der Waals surface area contributed by atoms with Crippen molar-refractivity contribution >= 4 is 5.97 Å². The Labute approximate surface area is 156 Å². The molecule has 0 unspecified atom stereocenters. The number of nitrogens with zero attached hydrogens (tertiary/aromatic N) is 1. The third-order valence-corrected chi connectivity index (χ3v) is 8.14. The Balaban J connectivity index is 1.38. The van der Waals surface area contributed by atoms with Gasteiger partial charge in [-0.3, -0.25) is 9.69 Å². The van der Waals surface area contributed by atoms with Crippen LogP contribution < -0.4 is 0 Å². The number of carbonyl (C=O) groups is 1. The summed E-state index contributed by atoms with van der Waals surface area (Å²) in [6.45, 7) is 11.6. The van der Waals surface area contributed by atoms with Gasteiger partial charge < -0.3 is 14.2 Å². The topological polar surface area (TPSA) is 51.3 Å². The lowest BCUT2D eigenvalue weighted by atomic mass is 9.53. The van der Waals surface area contributed by atoms with Crippen molar-refractivity contribution in [2.75, 3.05) is 19.6 Å². The number of morpholine rings is 1. The van der Waals surface area contributed by atoms with Crippen molar-refractivity contribution in [2.24, 2.45) is 23.2 Å². The number of esters is 1. The van der Waals surface area contributed by atoms with E-state index in [-0.39, 0.29) is 53.2 Å². The molecule has 2 saturated carbocycles. The number of fused-ring (bicyclic) bond motifs is 2. The first-order valence-electron chi connectivity index (χ1n) is 10.6. The van der Waals surface area contributed by atoms with Gasteiger partial charge in [-0.25, -0.2) is 0 Å². The lowest BCUT2D eigenvalue weighted by Gasteiger charge is -2.49. The lowest BCUT2D eigenvalue weighted by molar-refractivity contribution is -0.147. The molecule has 0 aromatic heterocycles. The first-order chi connectivity index (χ1) is 12.3. The number of hydrogen-bond donors (Lipinski definition) is 0. The van der Waals surface area contributed by atoms with Gasteiger partial charge in [0.15, 0.2) is 0 Å². The Morgan fingerprint density at radius 3 is 2.65 bits per heavy atom. The summed E-state index contributed by atoms with van der Waals surface area (Å²) in [5, 5.41) is 0. The first kappa shape index (κ1) is 17.4. The van der Waals surface area contributed by atoms with Crippen LogP contribution in [0.25, 0.3) is 0 Å². The molecule has 3 saturated heterocycles. The molecule has 146 valence electrons. The summed E-state index contributed by atoms with van der Waals surface area (Å²) in [5.74, 6) is 0.796. The van der Waals surface area contributed by atoms with Gasteiger partial charge in [0, 0.05) is 31.0 Å². The molecule has 0 bridgehead atoms. The average molecular weight is 363 g/mol. The zero-order valence-electron chi connectivity index (χ0n) is 16.6. The number of hydrogen-bond acceptors (Lipinski definition) is 5. The van der Waals surface area contributed by atoms with Gasteiger partial charge in [-0.15, -0.1) is 0 Å². The van der Waals surface area contributed by atoms with Gasteiger partial charge in [-0.1, -0.05) is 20.3 Å². The Kier molecular flexibility index (Phi) is 3.81. The SMILES string of the molecule is C[C@@H]1CN(C[C@H]2C(=O)O[C@@H]3C[C@@]4(C)CCC[C@H](C)[C@]45O[C@H]5[C@@H]32)C[C@H](C)O1. The van der Waals surface area contributed by atoms with Crippen molar-refractivity contribution in [3.05, 3.63) is 0 Å². The maximum absolute atomic E-state index is 12.8. The number of rotatable bonds is 2. The Morgan fingerprint density at radius 2 is 1.92 bits per heavy atom. The van der Waals surface area contributed by atoms with E-state index >= 15 is 0 Å². The van der Waals surface area contributed by atoms with Gasteiger partial charge >= 0.3 is 5.97 Å². The van der Waals surface area contributed by atoms with Crippen LogP contribution in [0.2, 0.25) is 0 Å². The van der Waals surface area contributed by atoms with Crippen LogP contribution in [0.15, 0.2) is 0 Å². The van der Waals surface area contributed by atoms with E-state index in [9.17, 15) is 4.79 Å². The van der Waals surface area contributed by atoms with E-state index in [2.05, 4.69) is 32.6 Å². The second-order valence-electron chi connectivity index (χ2n) is 10.0. The standard InChI is InChI=1S/C21H33NO4/c1-12-6-5-7-20(4)8-16-17(18-21(12,20)26-18)15(19(23)25-16)11-22-9-13(2)24-14(3)10-22/h12-18H,5-11H2,1-4H3/t12-,13-,14+,15+,16+,17+,18-,20+,21+/m0/s1. The molecule has 3 heterocycles. The summed E-state index contributed by atoms with van der Waals surface area (Å²) in [5.41, 5.74) is 0.178. The van der Waals surface area contributed by atoms with E-state index in [0.717, 1.165) is 26.1 Å². The molecule has 5 fully saturated rings. The number of carbonyl (C=O) groups excluding carboxylic acids is 1. The third kappa shape index (κ3) is 2.29. The summed E-state index contributed by atoms with van der Waals surface area (Å²) in [6.07, 6.45) is 5.43. The molecule has 1 spiro atoms. The molecule has 5 aliphatic rings. The van der Waals surface area contributed by atoms with Gasteiger partial charge in [0.25, 0.3) is 0 Å². The lowest BCUT2D eigenvalue weighted by Crippen LogP contribution is -2.55. The highest BCUT2D eigenvalue weighted by Crippen LogP contribution is 2.70. The fourth-order valence-corrected chi connectivity index (χ4v) is 7.15. The summed E-state index contributed by atoms with van der Waals surface area (Å²) in [4.78, 5) is 15.2. The number of ether oxygens (including phenoxy) is 3. The van der Waals surface area contributed by atoms with Crippen LogP contribution in [0.3, 0.4) is 0 Å². The molecule has 2 aliphatic carbocycles. The van der Waals surface area contributed by atoms with Crippen molar-refractivity contribution in [2.45, 2.75) is 83.4 Å². The van der Waals surface area contributed by atoms with Crippen LogP contribution in [-0.2, 0) is 19.0 Å². The molecule has 5 nitrogen and oxygen atoms in total. The zero-order valence-corrected chi connectivity index (χ0v) is 16.6. The molecule has 26 heavy (non-hydrogen) atoms. The van der Waals surface area contributed by atoms with Crippen LogP contribution >= 0.6 is 0 Å². The highest BCUT2D eigenvalue weighted by molar-refractivity contribution is 5.76. The Hall–Kier alpha value is -0.650. The first-order valence-corrected chi connectivity index (χ1v) is 10.6. The van der Waals surface area contributed by atoms with Gasteiger partial charge in [0.1, 0.15) is 11.7 Å². The van der Waals surface area contributed by atoms with Gasteiger partial charge in [-0.05, 0) is 39.0 Å². The van der Waals surface area contributed by atoms with E-state index in [1.807, 2.05) is 0 Å². The predicted molar refractivity (Wildman–Crippen MR) is 96.7 cm³/mol. The Morgan fingerprint density at radius 1 is 1.19 bits per heavy atom. The monoisotopic (exact) mass is 363 g/mol. The highest BCUT2D eigenvalue weighted by atomic mass is 16.6. The van der Waals surface area contributed by atoms with E-state index in [4.69, 9.17) is 14.2 Å². The minimum Gasteiger partial charge on any atom is -0.462 e. The molecule has 0 N–H and O–H groups in total. The van der Waals surface area contributed by atoms with Crippen LogP contribution in [0.5, 0.6) is 0 Å². The summed E-state index contributed by atoms with van der Waals surface area (Å²) in [7, 11) is 0. The maximum Gasteiger partial charge on any atom is 0.311 e. The van der Waals surface area contributed by atoms with Crippen LogP contribution in [0, 0.1) is 23.2 Å². The van der Waals surface area contributed by atoms with E-state index in [1.165, 1.54) is 19.3 Å². The molecular weight excluding hydrogens is 330 g/mol. The summed E-state index contributed by atoms with van der Waals surface area (Å²) < 4.78 is 18.3.